The minimum absolute atomic E-state index is 0.424. The van der Waals surface area contributed by atoms with Crippen molar-refractivity contribution in [2.75, 3.05) is 0 Å². The Hall–Kier alpha value is 0.759. The van der Waals surface area contributed by atoms with Crippen molar-refractivity contribution in [3.05, 3.63) is 0 Å². The molecule has 0 aliphatic carbocycles. The van der Waals surface area contributed by atoms with Crippen molar-refractivity contribution >= 4 is 22.9 Å². The van der Waals surface area contributed by atoms with Crippen LogP contribution in [0.25, 0.3) is 0 Å². The van der Waals surface area contributed by atoms with Gasteiger partial charge in [-0.15, -0.1) is 0 Å². The molecule has 0 fully saturated rings. The average Bonchev–Trinajstić information content (AvgIpc) is 1.38. The molecule has 0 spiro atoms. The Morgan fingerprint density at radius 2 is 1.80 bits per heavy atom. The molecule has 3 radical (unpaired) electrons. The van der Waals surface area contributed by atoms with Crippen LogP contribution in [0.3, 0.4) is 0 Å². The summed E-state index contributed by atoms with van der Waals surface area (Å²) >= 11 is 1.16. The van der Waals surface area contributed by atoms with Crippen LogP contribution < -0.4 is 0 Å². The second-order valence-electron chi connectivity index (χ2n) is 1.17. The van der Waals surface area contributed by atoms with Crippen LogP contribution in [0.15, 0.2) is 0 Å². The zero-order valence-corrected chi connectivity index (χ0v) is 6.34. The Bertz CT molecular complexity index is 20.9. The summed E-state index contributed by atoms with van der Waals surface area (Å²) in [5, 5.41) is 0. The molecule has 5 heavy (non-hydrogen) atoms. The van der Waals surface area contributed by atoms with Crippen LogP contribution in [-0.4, -0.2) is 29.0 Å². The summed E-state index contributed by atoms with van der Waals surface area (Å²) in [4.78, 5) is 0. The van der Waals surface area contributed by atoms with E-state index in [9.17, 15) is 0 Å². The Balaban J connectivity index is 2.54. The molecule has 1 nitrogen and oxygen atoms in total. The first-order valence-electron chi connectivity index (χ1n) is 1.59. The molecule has 0 unspecified atom stereocenters. The fourth-order valence-electron chi connectivity index (χ4n) is 0. The maximum atomic E-state index is 4.84. The Morgan fingerprint density at radius 1 is 1.60 bits per heavy atom. The van der Waals surface area contributed by atoms with Gasteiger partial charge in [-0.25, -0.2) is 0 Å². The van der Waals surface area contributed by atoms with Crippen molar-refractivity contribution in [2.45, 2.75) is 20.0 Å². The third kappa shape index (κ3) is 4.76. The molecule has 0 aromatic rings. The maximum absolute atomic E-state index is 4.84. The number of hydrogen-bond donors (Lipinski definition) is 0. The number of rotatable bonds is 1. The molecular formula is C3H7OSn. The number of hydrogen-bond acceptors (Lipinski definition) is 1. The van der Waals surface area contributed by atoms with Crippen LogP contribution in [0.2, 0.25) is 0 Å². The molecule has 0 saturated heterocycles. The first kappa shape index (κ1) is 5.76. The van der Waals surface area contributed by atoms with Crippen molar-refractivity contribution < 1.29 is 3.07 Å². The summed E-state index contributed by atoms with van der Waals surface area (Å²) in [6, 6.07) is 0. The van der Waals surface area contributed by atoms with Gasteiger partial charge >= 0.3 is 46.0 Å². The van der Waals surface area contributed by atoms with E-state index >= 15 is 0 Å². The monoisotopic (exact) mass is 179 g/mol. The van der Waals surface area contributed by atoms with Gasteiger partial charge in [0.15, 0.2) is 0 Å². The zero-order valence-electron chi connectivity index (χ0n) is 3.49. The summed E-state index contributed by atoms with van der Waals surface area (Å²) in [5.41, 5.74) is 0. The molecule has 0 N–H and O–H groups in total. The van der Waals surface area contributed by atoms with Gasteiger partial charge in [0.1, 0.15) is 0 Å². The Labute approximate surface area is 46.3 Å². The molecule has 0 aromatic heterocycles. The summed E-state index contributed by atoms with van der Waals surface area (Å²) < 4.78 is 4.84. The van der Waals surface area contributed by atoms with Crippen LogP contribution in [-0.2, 0) is 3.07 Å². The zero-order chi connectivity index (χ0) is 4.28. The minimum atomic E-state index is 0.424. The third-order valence-electron chi connectivity index (χ3n) is 0.236. The van der Waals surface area contributed by atoms with E-state index in [1.807, 2.05) is 13.8 Å². The Kier molecular flexibility index (Phi) is 3.42. The van der Waals surface area contributed by atoms with Gasteiger partial charge in [0.05, 0.1) is 0 Å². The Morgan fingerprint density at radius 3 is 1.80 bits per heavy atom. The van der Waals surface area contributed by atoms with E-state index in [0.717, 1.165) is 22.9 Å². The van der Waals surface area contributed by atoms with Crippen molar-refractivity contribution in [1.29, 1.82) is 0 Å². The van der Waals surface area contributed by atoms with E-state index in [0.29, 0.717) is 6.10 Å². The molecule has 29 valence electrons. The van der Waals surface area contributed by atoms with Gasteiger partial charge in [-0.2, -0.15) is 0 Å². The molecule has 0 rings (SSSR count). The second kappa shape index (κ2) is 2.97. The molecule has 0 bridgehead atoms. The second-order valence-corrected chi connectivity index (χ2v) is 1.84. The fourth-order valence-corrected chi connectivity index (χ4v) is 0. The van der Waals surface area contributed by atoms with Gasteiger partial charge in [-0.1, -0.05) is 0 Å². The van der Waals surface area contributed by atoms with Crippen LogP contribution in [0, 0.1) is 0 Å². The standard InChI is InChI=1S/C3H7O.Sn/c1-3(2)4;/h3H,1-2H3;/q-1;+1. The van der Waals surface area contributed by atoms with Crippen molar-refractivity contribution in [2.24, 2.45) is 0 Å². The predicted molar refractivity (Wildman–Crippen MR) is 22.0 cm³/mol. The van der Waals surface area contributed by atoms with Gasteiger partial charge in [-0.3, -0.25) is 0 Å². The average molecular weight is 178 g/mol. The topological polar surface area (TPSA) is 9.23 Å². The van der Waals surface area contributed by atoms with E-state index in [2.05, 4.69) is 0 Å². The van der Waals surface area contributed by atoms with E-state index < -0.39 is 0 Å². The summed E-state index contributed by atoms with van der Waals surface area (Å²) in [5.74, 6) is 0. The molecule has 2 heteroatoms. The van der Waals surface area contributed by atoms with Gasteiger partial charge in [0, 0.05) is 0 Å². The van der Waals surface area contributed by atoms with E-state index in [-0.39, 0.29) is 0 Å². The van der Waals surface area contributed by atoms with E-state index in [1.54, 1.807) is 0 Å². The van der Waals surface area contributed by atoms with Crippen molar-refractivity contribution in [3.63, 3.8) is 0 Å². The molecule has 0 aromatic carbocycles. The third-order valence-corrected chi connectivity index (χ3v) is 1.58. The van der Waals surface area contributed by atoms with Crippen LogP contribution in [0.4, 0.5) is 0 Å². The van der Waals surface area contributed by atoms with Crippen LogP contribution >= 0.6 is 0 Å². The molecule has 0 atom stereocenters. The van der Waals surface area contributed by atoms with Crippen LogP contribution in [0.1, 0.15) is 13.8 Å². The summed E-state index contributed by atoms with van der Waals surface area (Å²) in [6.07, 6.45) is 0.424. The predicted octanol–water partition coefficient (Wildman–Crippen LogP) is 0.495. The SMILES string of the molecule is CC(C)[O][Sn]. The molecule has 0 aliphatic heterocycles. The van der Waals surface area contributed by atoms with Crippen LogP contribution in [0.5, 0.6) is 0 Å². The van der Waals surface area contributed by atoms with Gasteiger partial charge in [-0.05, 0) is 0 Å². The molecule has 0 heterocycles. The summed E-state index contributed by atoms with van der Waals surface area (Å²) in [6.45, 7) is 4.04. The van der Waals surface area contributed by atoms with Gasteiger partial charge < -0.3 is 0 Å². The first-order chi connectivity index (χ1) is 2.27. The van der Waals surface area contributed by atoms with Crippen molar-refractivity contribution in [3.8, 4) is 0 Å². The normalized spacial score (nSPS) is 9.60. The van der Waals surface area contributed by atoms with Crippen molar-refractivity contribution in [1.82, 2.24) is 0 Å². The van der Waals surface area contributed by atoms with Gasteiger partial charge in [0.2, 0.25) is 0 Å². The molecular weight excluding hydrogens is 171 g/mol. The summed E-state index contributed by atoms with van der Waals surface area (Å²) in [7, 11) is 0. The molecule has 0 aliphatic rings. The quantitative estimate of drug-likeness (QED) is 0.531. The fraction of sp³-hybridized carbons (Fsp3) is 1.00. The van der Waals surface area contributed by atoms with Gasteiger partial charge in [0.25, 0.3) is 0 Å². The molecule has 0 saturated carbocycles. The van der Waals surface area contributed by atoms with E-state index in [4.69, 9.17) is 3.07 Å². The first-order valence-corrected chi connectivity index (χ1v) is 2.76. The molecule has 0 amide bonds. The van der Waals surface area contributed by atoms with E-state index in [1.165, 1.54) is 0 Å².